The molecule has 7 heteroatoms. The molecule has 0 aromatic carbocycles. The molecule has 1 N–H and O–H groups in total. The molecule has 1 aliphatic rings. The van der Waals surface area contributed by atoms with Gasteiger partial charge in [0.2, 0.25) is 0 Å². The molecule has 0 spiro atoms. The minimum Gasteiger partial charge on any atom is -0.461 e. The van der Waals surface area contributed by atoms with Gasteiger partial charge in [-0.1, -0.05) is 12.8 Å². The maximum absolute atomic E-state index is 12.0. The van der Waals surface area contributed by atoms with Crippen molar-refractivity contribution in [1.82, 2.24) is 24.6 Å². The van der Waals surface area contributed by atoms with Crippen molar-refractivity contribution in [2.24, 2.45) is 0 Å². The van der Waals surface area contributed by atoms with Crippen molar-refractivity contribution in [3.63, 3.8) is 0 Å². The molecule has 1 saturated carbocycles. The molecule has 0 atom stereocenters. The molecule has 3 rings (SSSR count). The summed E-state index contributed by atoms with van der Waals surface area (Å²) in [6.07, 6.45) is 10.5. The van der Waals surface area contributed by atoms with Crippen molar-refractivity contribution >= 4 is 5.97 Å². The Morgan fingerprint density at radius 3 is 2.96 bits per heavy atom. The van der Waals surface area contributed by atoms with Crippen molar-refractivity contribution in [3.05, 3.63) is 24.4 Å². The first-order chi connectivity index (χ1) is 11.7. The maximum atomic E-state index is 12.0. The zero-order valence-corrected chi connectivity index (χ0v) is 14.4. The van der Waals surface area contributed by atoms with Crippen LogP contribution in [0.25, 0.3) is 11.3 Å². The second kappa shape index (κ2) is 7.61. The molecule has 1 fully saturated rings. The van der Waals surface area contributed by atoms with Crippen LogP contribution in [-0.2, 0) is 11.3 Å². The standard InChI is InChI=1S/C17H25N5O2/c1-3-24-17(23)16-14(10-19-20-16)15-11-18-12-22(15)9-8-21(2)13-6-4-5-7-13/h10-13H,3-9H2,1-2H3,(H,19,20). The van der Waals surface area contributed by atoms with Crippen LogP contribution < -0.4 is 0 Å². The Bertz CT molecular complexity index is 672. The lowest BCUT2D eigenvalue weighted by atomic mass is 10.2. The van der Waals surface area contributed by atoms with E-state index in [0.29, 0.717) is 18.3 Å². The van der Waals surface area contributed by atoms with E-state index in [-0.39, 0.29) is 5.97 Å². The van der Waals surface area contributed by atoms with E-state index in [2.05, 4.69) is 31.7 Å². The third-order valence-electron chi connectivity index (χ3n) is 4.75. The zero-order valence-electron chi connectivity index (χ0n) is 14.4. The number of carbonyl (C=O) groups is 1. The first-order valence-corrected chi connectivity index (χ1v) is 8.62. The van der Waals surface area contributed by atoms with Crippen molar-refractivity contribution < 1.29 is 9.53 Å². The summed E-state index contributed by atoms with van der Waals surface area (Å²) in [4.78, 5) is 18.7. The smallest absolute Gasteiger partial charge is 0.357 e. The van der Waals surface area contributed by atoms with Gasteiger partial charge < -0.3 is 14.2 Å². The van der Waals surface area contributed by atoms with Gasteiger partial charge in [-0.05, 0) is 26.8 Å². The first kappa shape index (κ1) is 16.7. The number of hydrogen-bond acceptors (Lipinski definition) is 5. The average molecular weight is 331 g/mol. The van der Waals surface area contributed by atoms with E-state index in [4.69, 9.17) is 4.74 Å². The Balaban J connectivity index is 1.71. The van der Waals surface area contributed by atoms with Crippen LogP contribution in [0.3, 0.4) is 0 Å². The Kier molecular flexibility index (Phi) is 5.30. The van der Waals surface area contributed by atoms with Gasteiger partial charge in [0.15, 0.2) is 5.69 Å². The van der Waals surface area contributed by atoms with Gasteiger partial charge in [-0.15, -0.1) is 0 Å². The van der Waals surface area contributed by atoms with E-state index in [0.717, 1.165) is 24.3 Å². The largest absolute Gasteiger partial charge is 0.461 e. The maximum Gasteiger partial charge on any atom is 0.357 e. The Morgan fingerprint density at radius 1 is 1.42 bits per heavy atom. The van der Waals surface area contributed by atoms with Crippen molar-refractivity contribution in [3.8, 4) is 11.3 Å². The lowest BCUT2D eigenvalue weighted by Gasteiger charge is -2.24. The molecule has 7 nitrogen and oxygen atoms in total. The van der Waals surface area contributed by atoms with Gasteiger partial charge in [0, 0.05) is 19.1 Å². The van der Waals surface area contributed by atoms with Crippen LogP contribution in [0, 0.1) is 0 Å². The number of rotatable bonds is 7. The fourth-order valence-electron chi connectivity index (χ4n) is 3.36. The SMILES string of the molecule is CCOC(=O)c1[nH]ncc1-c1cncn1CCN(C)C1CCCC1. The number of hydrogen-bond donors (Lipinski definition) is 1. The number of aromatic amines is 1. The third kappa shape index (κ3) is 3.51. The van der Waals surface area contributed by atoms with E-state index in [1.54, 1.807) is 25.6 Å². The van der Waals surface area contributed by atoms with Gasteiger partial charge in [-0.25, -0.2) is 9.78 Å². The molecule has 0 unspecified atom stereocenters. The van der Waals surface area contributed by atoms with Crippen LogP contribution in [-0.4, -0.2) is 56.9 Å². The molecule has 0 amide bonds. The van der Waals surface area contributed by atoms with Gasteiger partial charge in [0.25, 0.3) is 0 Å². The summed E-state index contributed by atoms with van der Waals surface area (Å²) < 4.78 is 7.15. The number of H-pyrrole nitrogens is 1. The minimum absolute atomic E-state index is 0.336. The molecule has 2 aromatic heterocycles. The Hall–Kier alpha value is -2.15. The normalized spacial score (nSPS) is 15.3. The highest BCUT2D eigenvalue weighted by Gasteiger charge is 2.21. The van der Waals surface area contributed by atoms with Crippen LogP contribution in [0.15, 0.2) is 18.7 Å². The molecule has 0 saturated heterocycles. The quantitative estimate of drug-likeness (QED) is 0.788. The molecule has 2 aromatic rings. The molecular formula is C17H25N5O2. The summed E-state index contributed by atoms with van der Waals surface area (Å²) in [5.74, 6) is -0.388. The Labute approximate surface area is 142 Å². The second-order valence-electron chi connectivity index (χ2n) is 6.27. The summed E-state index contributed by atoms with van der Waals surface area (Å²) in [7, 11) is 2.19. The average Bonchev–Trinajstić information content (AvgIpc) is 3.32. The summed E-state index contributed by atoms with van der Waals surface area (Å²) in [5, 5.41) is 6.74. The highest BCUT2D eigenvalue weighted by molar-refractivity contribution is 5.94. The number of esters is 1. The van der Waals surface area contributed by atoms with E-state index in [9.17, 15) is 4.79 Å². The van der Waals surface area contributed by atoms with Crippen molar-refractivity contribution in [2.45, 2.75) is 45.2 Å². The van der Waals surface area contributed by atoms with Gasteiger partial charge in [0.05, 0.1) is 36.6 Å². The topological polar surface area (TPSA) is 76.0 Å². The monoisotopic (exact) mass is 331 g/mol. The number of nitrogens with one attached hydrogen (secondary N) is 1. The fraction of sp³-hybridized carbons (Fsp3) is 0.588. The lowest BCUT2D eigenvalue weighted by Crippen LogP contribution is -2.32. The summed E-state index contributed by atoms with van der Waals surface area (Å²) in [5.41, 5.74) is 1.99. The van der Waals surface area contributed by atoms with E-state index in [1.165, 1.54) is 25.7 Å². The van der Waals surface area contributed by atoms with Crippen LogP contribution >= 0.6 is 0 Å². The third-order valence-corrected chi connectivity index (χ3v) is 4.75. The number of imidazole rings is 1. The summed E-state index contributed by atoms with van der Waals surface area (Å²) in [6, 6.07) is 0.695. The first-order valence-electron chi connectivity index (χ1n) is 8.62. The molecule has 24 heavy (non-hydrogen) atoms. The van der Waals surface area contributed by atoms with E-state index < -0.39 is 0 Å². The van der Waals surface area contributed by atoms with Gasteiger partial charge >= 0.3 is 5.97 Å². The number of ether oxygens (including phenoxy) is 1. The summed E-state index contributed by atoms with van der Waals surface area (Å²) in [6.45, 7) is 3.91. The molecule has 1 aliphatic carbocycles. The zero-order chi connectivity index (χ0) is 16.9. The number of likely N-dealkylation sites (N-methyl/N-ethyl adjacent to an activating group) is 1. The molecule has 130 valence electrons. The predicted molar refractivity (Wildman–Crippen MR) is 90.7 cm³/mol. The van der Waals surface area contributed by atoms with E-state index >= 15 is 0 Å². The number of aromatic nitrogens is 4. The number of nitrogens with zero attached hydrogens (tertiary/aromatic N) is 4. The van der Waals surface area contributed by atoms with Crippen LogP contribution in [0.5, 0.6) is 0 Å². The van der Waals surface area contributed by atoms with Gasteiger partial charge in [0.1, 0.15) is 0 Å². The number of carbonyl (C=O) groups excluding carboxylic acids is 1. The van der Waals surface area contributed by atoms with Gasteiger partial charge in [-0.3, -0.25) is 5.10 Å². The van der Waals surface area contributed by atoms with Crippen LogP contribution in [0.4, 0.5) is 0 Å². The molecule has 0 bridgehead atoms. The Morgan fingerprint density at radius 2 is 2.21 bits per heavy atom. The molecule has 0 aliphatic heterocycles. The molecule has 2 heterocycles. The highest BCUT2D eigenvalue weighted by atomic mass is 16.5. The van der Waals surface area contributed by atoms with Crippen molar-refractivity contribution in [1.29, 1.82) is 0 Å². The van der Waals surface area contributed by atoms with Crippen LogP contribution in [0.1, 0.15) is 43.1 Å². The fourth-order valence-corrected chi connectivity index (χ4v) is 3.36. The van der Waals surface area contributed by atoms with Gasteiger partial charge in [-0.2, -0.15) is 5.10 Å². The second-order valence-corrected chi connectivity index (χ2v) is 6.27. The molecule has 0 radical (unpaired) electrons. The molecular weight excluding hydrogens is 306 g/mol. The summed E-state index contributed by atoms with van der Waals surface area (Å²) >= 11 is 0. The van der Waals surface area contributed by atoms with E-state index in [1.807, 2.05) is 0 Å². The minimum atomic E-state index is -0.388. The highest BCUT2D eigenvalue weighted by Crippen LogP contribution is 2.24. The predicted octanol–water partition coefficient (Wildman–Crippen LogP) is 2.32. The van der Waals surface area contributed by atoms with Crippen molar-refractivity contribution in [2.75, 3.05) is 20.2 Å². The lowest BCUT2D eigenvalue weighted by molar-refractivity contribution is 0.0520. The van der Waals surface area contributed by atoms with Crippen LogP contribution in [0.2, 0.25) is 0 Å².